The van der Waals surface area contributed by atoms with E-state index >= 15 is 0 Å². The van der Waals surface area contributed by atoms with Gasteiger partial charge in [-0.3, -0.25) is 9.78 Å². The number of carbonyl (C=O) groups excluding carboxylic acids is 1. The van der Waals surface area contributed by atoms with Gasteiger partial charge in [-0.15, -0.1) is 0 Å². The number of hydrogen-bond acceptors (Lipinski definition) is 4. The normalized spacial score (nSPS) is 17.0. The average molecular weight is 420 g/mol. The second kappa shape index (κ2) is 8.17. The number of pyridine rings is 1. The van der Waals surface area contributed by atoms with E-state index in [2.05, 4.69) is 4.98 Å². The summed E-state index contributed by atoms with van der Waals surface area (Å²) in [6.07, 6.45) is 5.13. The van der Waals surface area contributed by atoms with Gasteiger partial charge in [0.1, 0.15) is 11.6 Å². The molecule has 2 fully saturated rings. The zero-order valence-electron chi connectivity index (χ0n) is 17.5. The van der Waals surface area contributed by atoms with Gasteiger partial charge >= 0.3 is 0 Å². The zero-order chi connectivity index (χ0) is 21.4. The van der Waals surface area contributed by atoms with Gasteiger partial charge in [-0.1, -0.05) is 18.2 Å². The minimum absolute atomic E-state index is 0.0805. The van der Waals surface area contributed by atoms with Crippen LogP contribution in [0.25, 0.3) is 22.0 Å². The Balaban J connectivity index is 1.32. The number of fused-ring (bicyclic) bond motifs is 1. The lowest BCUT2D eigenvalue weighted by atomic mass is 10.0. The van der Waals surface area contributed by atoms with Gasteiger partial charge in [0, 0.05) is 49.0 Å². The predicted molar refractivity (Wildman–Crippen MR) is 117 cm³/mol. The number of amides is 1. The van der Waals surface area contributed by atoms with Crippen LogP contribution in [0.2, 0.25) is 0 Å². The molecule has 2 aliphatic rings. The quantitative estimate of drug-likeness (QED) is 0.593. The Morgan fingerprint density at radius 1 is 1.10 bits per heavy atom. The number of benzene rings is 2. The molecule has 1 aliphatic carbocycles. The molecule has 5 rings (SSSR count). The van der Waals surface area contributed by atoms with Crippen molar-refractivity contribution in [3.05, 3.63) is 54.5 Å². The number of ether oxygens (including phenoxy) is 2. The first kappa shape index (κ1) is 19.8. The number of methoxy groups -OCH3 is 1. The summed E-state index contributed by atoms with van der Waals surface area (Å²) < 4.78 is 26.5. The number of aromatic nitrogens is 1. The van der Waals surface area contributed by atoms with Gasteiger partial charge in [0.25, 0.3) is 0 Å². The van der Waals surface area contributed by atoms with Crippen LogP contribution in [0.1, 0.15) is 25.7 Å². The number of nitrogens with zero attached hydrogens (tertiary/aromatic N) is 2. The molecule has 5 nitrogen and oxygen atoms in total. The molecule has 160 valence electrons. The van der Waals surface area contributed by atoms with Gasteiger partial charge in [-0.25, -0.2) is 4.39 Å². The summed E-state index contributed by atoms with van der Waals surface area (Å²) in [7, 11) is 1.60. The lowest BCUT2D eigenvalue weighted by molar-refractivity contribution is -0.134. The number of halogens is 1. The van der Waals surface area contributed by atoms with Crippen LogP contribution in [-0.4, -0.2) is 42.1 Å². The first-order chi connectivity index (χ1) is 15.1. The molecule has 0 radical (unpaired) electrons. The fourth-order valence-corrected chi connectivity index (χ4v) is 4.28. The zero-order valence-corrected chi connectivity index (χ0v) is 17.5. The van der Waals surface area contributed by atoms with E-state index in [1.165, 1.54) is 6.07 Å². The van der Waals surface area contributed by atoms with Crippen molar-refractivity contribution in [3.63, 3.8) is 0 Å². The van der Waals surface area contributed by atoms with Crippen LogP contribution in [0.4, 0.5) is 4.39 Å². The first-order valence-electron chi connectivity index (χ1n) is 10.8. The van der Waals surface area contributed by atoms with Gasteiger partial charge in [0.15, 0.2) is 17.3 Å². The molecule has 0 N–H and O–H groups in total. The van der Waals surface area contributed by atoms with Crippen molar-refractivity contribution in [1.29, 1.82) is 0 Å². The van der Waals surface area contributed by atoms with Crippen LogP contribution in [0.3, 0.4) is 0 Å². The Labute approximate surface area is 180 Å². The highest BCUT2D eigenvalue weighted by Gasteiger charge is 2.35. The van der Waals surface area contributed by atoms with Gasteiger partial charge < -0.3 is 14.4 Å². The summed E-state index contributed by atoms with van der Waals surface area (Å²) in [6.45, 7) is 1.36. The van der Waals surface area contributed by atoms with Crippen LogP contribution in [0, 0.1) is 11.7 Å². The van der Waals surface area contributed by atoms with E-state index in [9.17, 15) is 9.18 Å². The molecular weight excluding hydrogens is 395 g/mol. The molecule has 2 aromatic carbocycles. The Morgan fingerprint density at radius 2 is 1.90 bits per heavy atom. The molecule has 31 heavy (non-hydrogen) atoms. The maximum absolute atomic E-state index is 14.9. The fourth-order valence-electron chi connectivity index (χ4n) is 4.28. The van der Waals surface area contributed by atoms with E-state index in [1.54, 1.807) is 19.4 Å². The van der Waals surface area contributed by atoms with Crippen LogP contribution in [0.5, 0.6) is 11.5 Å². The topological polar surface area (TPSA) is 51.7 Å². The molecule has 1 amide bonds. The highest BCUT2D eigenvalue weighted by atomic mass is 19.1. The molecule has 0 unspecified atom stereocenters. The second-order valence-electron chi connectivity index (χ2n) is 8.28. The summed E-state index contributed by atoms with van der Waals surface area (Å²) in [4.78, 5) is 18.5. The van der Waals surface area contributed by atoms with Gasteiger partial charge in [-0.2, -0.15) is 0 Å². The molecule has 1 saturated heterocycles. The van der Waals surface area contributed by atoms with Gasteiger partial charge in [0.05, 0.1) is 7.11 Å². The molecular formula is C25H25FN2O3. The molecule has 2 heterocycles. The SMILES string of the molecule is COc1c(-c2ccc(OC3CCN(C(=O)C4CC4)CC3)c(F)c2)ccc2cccnc12. The predicted octanol–water partition coefficient (Wildman–Crippen LogP) is 4.83. The monoisotopic (exact) mass is 420 g/mol. The van der Waals surface area contributed by atoms with Crippen LogP contribution in [-0.2, 0) is 4.79 Å². The van der Waals surface area contributed by atoms with Crippen molar-refractivity contribution in [1.82, 2.24) is 9.88 Å². The van der Waals surface area contributed by atoms with Crippen molar-refractivity contribution in [3.8, 4) is 22.6 Å². The van der Waals surface area contributed by atoms with E-state index in [0.29, 0.717) is 24.4 Å². The Bertz CT molecular complexity index is 1120. The smallest absolute Gasteiger partial charge is 0.225 e. The van der Waals surface area contributed by atoms with Gasteiger partial charge in [0.2, 0.25) is 5.91 Å². The largest absolute Gasteiger partial charge is 0.494 e. The summed E-state index contributed by atoms with van der Waals surface area (Å²) in [5.41, 5.74) is 2.24. The molecule has 1 aliphatic heterocycles. The maximum Gasteiger partial charge on any atom is 0.225 e. The third-order valence-corrected chi connectivity index (χ3v) is 6.15. The standard InChI is InChI=1S/C25H25FN2O3/c1-30-24-20(8-6-16-3-2-12-27-23(16)24)18-7-9-22(21(26)15-18)31-19-10-13-28(14-11-19)25(29)17-4-5-17/h2-3,6-9,12,15,17,19H,4-5,10-11,13-14H2,1H3. The van der Waals surface area contributed by atoms with Crippen molar-refractivity contribution in [2.45, 2.75) is 31.8 Å². The maximum atomic E-state index is 14.9. The van der Waals surface area contributed by atoms with E-state index in [1.807, 2.05) is 35.2 Å². The third-order valence-electron chi connectivity index (χ3n) is 6.15. The minimum atomic E-state index is -0.405. The number of rotatable bonds is 5. The molecule has 0 bridgehead atoms. The summed E-state index contributed by atoms with van der Waals surface area (Å²) in [5.74, 6) is 0.974. The van der Waals surface area contributed by atoms with Crippen LogP contribution in [0.15, 0.2) is 48.7 Å². The van der Waals surface area contributed by atoms with Crippen LogP contribution < -0.4 is 9.47 Å². The lowest BCUT2D eigenvalue weighted by Crippen LogP contribution is -2.42. The molecule has 6 heteroatoms. The van der Waals surface area contributed by atoms with E-state index in [-0.39, 0.29) is 23.7 Å². The van der Waals surface area contributed by atoms with Gasteiger partial charge in [-0.05, 0) is 42.7 Å². The lowest BCUT2D eigenvalue weighted by Gasteiger charge is -2.32. The highest BCUT2D eigenvalue weighted by molar-refractivity contribution is 5.92. The molecule has 0 spiro atoms. The second-order valence-corrected chi connectivity index (χ2v) is 8.28. The third kappa shape index (κ3) is 3.94. The Kier molecular flexibility index (Phi) is 5.22. The van der Waals surface area contributed by atoms with Crippen molar-refractivity contribution >= 4 is 16.8 Å². The van der Waals surface area contributed by atoms with Crippen molar-refractivity contribution in [2.24, 2.45) is 5.92 Å². The summed E-state index contributed by atoms with van der Waals surface area (Å²) >= 11 is 0. The number of piperidine rings is 1. The molecule has 0 atom stereocenters. The number of carbonyl (C=O) groups is 1. The van der Waals surface area contributed by atoms with E-state index in [0.717, 1.165) is 42.1 Å². The highest BCUT2D eigenvalue weighted by Crippen LogP contribution is 2.37. The fraction of sp³-hybridized carbons (Fsp3) is 0.360. The Hall–Kier alpha value is -3.15. The van der Waals surface area contributed by atoms with Crippen molar-refractivity contribution < 1.29 is 18.7 Å². The van der Waals surface area contributed by atoms with E-state index < -0.39 is 5.82 Å². The molecule has 1 aromatic heterocycles. The summed E-state index contributed by atoms with van der Waals surface area (Å²) in [5, 5.41) is 0.968. The minimum Gasteiger partial charge on any atom is -0.494 e. The average Bonchev–Trinajstić information content (AvgIpc) is 3.65. The van der Waals surface area contributed by atoms with E-state index in [4.69, 9.17) is 9.47 Å². The number of likely N-dealkylation sites (tertiary alicyclic amines) is 1. The first-order valence-corrected chi connectivity index (χ1v) is 10.8. The Morgan fingerprint density at radius 3 is 2.61 bits per heavy atom. The van der Waals surface area contributed by atoms with Crippen LogP contribution >= 0.6 is 0 Å². The summed E-state index contributed by atoms with van der Waals surface area (Å²) in [6, 6.07) is 12.7. The van der Waals surface area contributed by atoms with Crippen molar-refractivity contribution in [2.75, 3.05) is 20.2 Å². The molecule has 1 saturated carbocycles. The molecule has 3 aromatic rings. The number of hydrogen-bond donors (Lipinski definition) is 0.